The van der Waals surface area contributed by atoms with Gasteiger partial charge in [-0.2, -0.15) is 0 Å². The first-order valence-electron chi connectivity index (χ1n) is 5.16. The molecule has 0 unspecified atom stereocenters. The maximum absolute atomic E-state index is 8.70. The summed E-state index contributed by atoms with van der Waals surface area (Å²) in [7, 11) is 0. The number of anilines is 1. The minimum Gasteiger partial charge on any atom is -0.508 e. The molecule has 2 rings (SSSR count). The van der Waals surface area contributed by atoms with Crippen LogP contribution in [0.3, 0.4) is 0 Å². The molecule has 84 valence electrons. The van der Waals surface area contributed by atoms with Crippen molar-refractivity contribution in [3.63, 3.8) is 0 Å². The van der Waals surface area contributed by atoms with Crippen molar-refractivity contribution in [2.24, 2.45) is 0 Å². The second kappa shape index (κ2) is 5.81. The van der Waals surface area contributed by atoms with Crippen molar-refractivity contribution in [3.05, 3.63) is 59.7 Å². The topological polar surface area (TPSA) is 46.2 Å². The number of aromatic hydroxyl groups is 1. The maximum atomic E-state index is 8.70. The van der Waals surface area contributed by atoms with Gasteiger partial charge in [0.2, 0.25) is 0 Å². The number of hydrogen-bond acceptors (Lipinski definition) is 2. The van der Waals surface area contributed by atoms with Crippen LogP contribution in [-0.2, 0) is 0 Å². The van der Waals surface area contributed by atoms with Crippen LogP contribution in [0, 0.1) is 13.8 Å². The summed E-state index contributed by atoms with van der Waals surface area (Å²) >= 11 is 0. The van der Waals surface area contributed by atoms with Gasteiger partial charge < -0.3 is 10.8 Å². The van der Waals surface area contributed by atoms with E-state index in [0.717, 1.165) is 0 Å². The van der Waals surface area contributed by atoms with Crippen LogP contribution in [0.15, 0.2) is 48.5 Å². The van der Waals surface area contributed by atoms with Crippen LogP contribution in [-0.4, -0.2) is 5.11 Å². The summed E-state index contributed by atoms with van der Waals surface area (Å²) in [5.74, 6) is 0.249. The van der Waals surface area contributed by atoms with Crippen molar-refractivity contribution in [2.75, 3.05) is 5.73 Å². The van der Waals surface area contributed by atoms with Crippen LogP contribution >= 0.6 is 0 Å². The van der Waals surface area contributed by atoms with Gasteiger partial charge in [-0.3, -0.25) is 0 Å². The maximum Gasteiger partial charge on any atom is 0.115 e. The Labute approximate surface area is 96.4 Å². The van der Waals surface area contributed by atoms with Crippen LogP contribution in [0.25, 0.3) is 0 Å². The van der Waals surface area contributed by atoms with Crippen molar-refractivity contribution in [3.8, 4) is 5.75 Å². The summed E-state index contributed by atoms with van der Waals surface area (Å²) in [6.45, 7) is 4.24. The number of hydrogen-bond donors (Lipinski definition) is 2. The zero-order chi connectivity index (χ0) is 12.0. The molecule has 2 aromatic carbocycles. The predicted molar refractivity (Wildman–Crippen MR) is 68.4 cm³/mol. The molecule has 0 radical (unpaired) electrons. The molecule has 0 bridgehead atoms. The van der Waals surface area contributed by atoms with Gasteiger partial charge in [0.05, 0.1) is 0 Å². The molecule has 0 aromatic heterocycles. The number of phenols is 1. The molecule has 16 heavy (non-hydrogen) atoms. The minimum absolute atomic E-state index is 0.249. The molecule has 0 atom stereocenters. The van der Waals surface area contributed by atoms with Crippen molar-refractivity contribution >= 4 is 5.69 Å². The molecule has 0 saturated heterocycles. The van der Waals surface area contributed by atoms with E-state index in [9.17, 15) is 0 Å². The quantitative estimate of drug-likeness (QED) is 0.523. The molecule has 0 aliphatic heterocycles. The lowest BCUT2D eigenvalue weighted by Crippen LogP contribution is -1.80. The normalized spacial score (nSPS) is 9.12. The lowest BCUT2D eigenvalue weighted by molar-refractivity contribution is 0.475. The highest BCUT2D eigenvalue weighted by Gasteiger charge is 1.84. The molecular weight excluding hydrogens is 198 g/mol. The molecule has 0 heterocycles. The summed E-state index contributed by atoms with van der Waals surface area (Å²) in [4.78, 5) is 0. The molecule has 0 saturated carbocycles. The van der Waals surface area contributed by atoms with Crippen LogP contribution < -0.4 is 5.73 Å². The van der Waals surface area contributed by atoms with Crippen LogP contribution in [0.2, 0.25) is 0 Å². The van der Waals surface area contributed by atoms with Gasteiger partial charge in [0.25, 0.3) is 0 Å². The predicted octanol–water partition coefficient (Wildman–Crippen LogP) is 3.28. The third-order valence-electron chi connectivity index (χ3n) is 2.32. The third kappa shape index (κ3) is 4.05. The molecule has 0 spiro atoms. The minimum atomic E-state index is 0.249. The van der Waals surface area contributed by atoms with Crippen molar-refractivity contribution < 1.29 is 5.11 Å². The Bertz CT molecular complexity index is 393. The number of aryl methyl sites for hydroxylation is 2. The highest BCUT2D eigenvalue weighted by atomic mass is 16.3. The van der Waals surface area contributed by atoms with Gasteiger partial charge in [-0.05, 0) is 49.2 Å². The molecule has 0 aliphatic carbocycles. The Kier molecular flexibility index (Phi) is 4.40. The number of rotatable bonds is 0. The third-order valence-corrected chi connectivity index (χ3v) is 2.32. The molecule has 2 heteroatoms. The van der Waals surface area contributed by atoms with Crippen molar-refractivity contribution in [1.82, 2.24) is 0 Å². The Morgan fingerprint density at radius 2 is 1.25 bits per heavy atom. The highest BCUT2D eigenvalue weighted by Crippen LogP contribution is 2.09. The van der Waals surface area contributed by atoms with Gasteiger partial charge in [0.15, 0.2) is 0 Å². The lowest BCUT2D eigenvalue weighted by atomic mass is 10.1. The van der Waals surface area contributed by atoms with Crippen LogP contribution in [0.1, 0.15) is 11.1 Å². The van der Waals surface area contributed by atoms with E-state index in [1.807, 2.05) is 0 Å². The Hall–Kier alpha value is -1.96. The summed E-state index contributed by atoms with van der Waals surface area (Å²) < 4.78 is 0. The molecule has 2 nitrogen and oxygen atoms in total. The van der Waals surface area contributed by atoms with Crippen LogP contribution in [0.4, 0.5) is 5.69 Å². The van der Waals surface area contributed by atoms with E-state index in [1.54, 1.807) is 24.3 Å². The molecule has 0 aliphatic rings. The first-order chi connectivity index (χ1) is 7.59. The number of nitrogen functional groups attached to an aromatic ring is 1. The highest BCUT2D eigenvalue weighted by molar-refractivity contribution is 5.40. The number of phenolic OH excluding ortho intramolecular Hbond substituents is 1. The fraction of sp³-hybridized carbons (Fsp3) is 0.143. The summed E-state index contributed by atoms with van der Waals surface area (Å²) in [6.07, 6.45) is 0. The Morgan fingerprint density at radius 3 is 1.56 bits per heavy atom. The SMILES string of the molecule is Cc1ccccc1C.Nc1ccc(O)cc1. The molecular formula is C14H17NO. The zero-order valence-electron chi connectivity index (χ0n) is 9.64. The van der Waals surface area contributed by atoms with Gasteiger partial charge in [-0.1, -0.05) is 24.3 Å². The Morgan fingerprint density at radius 1 is 0.812 bits per heavy atom. The van der Waals surface area contributed by atoms with Crippen molar-refractivity contribution in [1.29, 1.82) is 0 Å². The largest absolute Gasteiger partial charge is 0.508 e. The number of nitrogens with two attached hydrogens (primary N) is 1. The van der Waals surface area contributed by atoms with Crippen molar-refractivity contribution in [2.45, 2.75) is 13.8 Å². The monoisotopic (exact) mass is 215 g/mol. The smallest absolute Gasteiger partial charge is 0.115 e. The Balaban J connectivity index is 0.000000160. The average molecular weight is 215 g/mol. The zero-order valence-corrected chi connectivity index (χ0v) is 9.64. The molecule has 0 fully saturated rings. The van der Waals surface area contributed by atoms with E-state index in [0.29, 0.717) is 5.69 Å². The average Bonchev–Trinajstić information content (AvgIpc) is 2.28. The lowest BCUT2D eigenvalue weighted by Gasteiger charge is -1.93. The van der Waals surface area contributed by atoms with E-state index in [1.165, 1.54) is 11.1 Å². The van der Waals surface area contributed by atoms with Gasteiger partial charge in [0.1, 0.15) is 5.75 Å². The summed E-state index contributed by atoms with van der Waals surface area (Å²) in [6, 6.07) is 14.8. The van der Waals surface area contributed by atoms with Gasteiger partial charge in [0, 0.05) is 5.69 Å². The van der Waals surface area contributed by atoms with E-state index in [-0.39, 0.29) is 5.75 Å². The van der Waals surface area contributed by atoms with Gasteiger partial charge in [-0.25, -0.2) is 0 Å². The second-order valence-corrected chi connectivity index (χ2v) is 3.68. The summed E-state index contributed by atoms with van der Waals surface area (Å²) in [5, 5.41) is 8.70. The van der Waals surface area contributed by atoms with E-state index in [4.69, 9.17) is 10.8 Å². The van der Waals surface area contributed by atoms with Gasteiger partial charge in [-0.15, -0.1) is 0 Å². The molecule has 2 aromatic rings. The first kappa shape index (κ1) is 12.1. The van der Waals surface area contributed by atoms with Crippen LogP contribution in [0.5, 0.6) is 5.75 Å². The van der Waals surface area contributed by atoms with Gasteiger partial charge >= 0.3 is 0 Å². The van der Waals surface area contributed by atoms with E-state index < -0.39 is 0 Å². The standard InChI is InChI=1S/C8H10.C6H7NO/c1-7-5-3-4-6-8(7)2;7-5-1-3-6(8)4-2-5/h3-6H,1-2H3;1-4,8H,7H2. The second-order valence-electron chi connectivity index (χ2n) is 3.68. The molecule has 3 N–H and O–H groups in total. The van der Waals surface area contributed by atoms with E-state index in [2.05, 4.69) is 38.1 Å². The fourth-order valence-electron chi connectivity index (χ4n) is 1.14. The van der Waals surface area contributed by atoms with E-state index >= 15 is 0 Å². The molecule has 0 amide bonds. The summed E-state index contributed by atoms with van der Waals surface area (Å²) in [5.41, 5.74) is 8.72. The fourth-order valence-corrected chi connectivity index (χ4v) is 1.14. The first-order valence-corrected chi connectivity index (χ1v) is 5.16. The number of benzene rings is 2.